The van der Waals surface area contributed by atoms with Crippen molar-refractivity contribution in [3.8, 4) is 0 Å². The number of nitrogens with zero attached hydrogens (tertiary/aromatic N) is 1. The number of sulfonamides is 1. The molecule has 0 unspecified atom stereocenters. The third-order valence-electron chi connectivity index (χ3n) is 2.85. The molecule has 2 N–H and O–H groups in total. The molecule has 0 fully saturated rings. The van der Waals surface area contributed by atoms with Crippen molar-refractivity contribution in [1.82, 2.24) is 4.98 Å². The van der Waals surface area contributed by atoms with E-state index in [0.29, 0.717) is 23.1 Å². The molecule has 112 valence electrons. The first-order chi connectivity index (χ1) is 9.94. The summed E-state index contributed by atoms with van der Waals surface area (Å²) in [7, 11) is -3.74. The molecule has 0 saturated carbocycles. The maximum Gasteiger partial charge on any atom is 0.265 e. The number of aromatic nitrogens is 1. The normalized spacial score (nSPS) is 11.2. The van der Waals surface area contributed by atoms with Gasteiger partial charge in [0.1, 0.15) is 10.7 Å². The fourth-order valence-corrected chi connectivity index (χ4v) is 3.24. The zero-order chi connectivity index (χ0) is 15.5. The van der Waals surface area contributed by atoms with E-state index < -0.39 is 10.0 Å². The van der Waals surface area contributed by atoms with Crippen molar-refractivity contribution < 1.29 is 8.42 Å². The Labute approximate surface area is 129 Å². The van der Waals surface area contributed by atoms with E-state index >= 15 is 0 Å². The molecule has 0 spiro atoms. The first-order valence-corrected chi connectivity index (χ1v) is 8.28. The highest BCUT2D eigenvalue weighted by Gasteiger charge is 2.20. The van der Waals surface area contributed by atoms with E-state index in [2.05, 4.69) is 15.0 Å². The molecule has 0 aliphatic rings. The summed E-state index contributed by atoms with van der Waals surface area (Å²) in [4.78, 5) is 4.16. The molecule has 0 bridgehead atoms. The minimum absolute atomic E-state index is 0.103. The van der Waals surface area contributed by atoms with Crippen LogP contribution in [0.25, 0.3) is 0 Å². The van der Waals surface area contributed by atoms with Crippen molar-refractivity contribution in [3.05, 3.63) is 47.1 Å². The van der Waals surface area contributed by atoms with Gasteiger partial charge < -0.3 is 5.32 Å². The summed E-state index contributed by atoms with van der Waals surface area (Å²) in [6, 6.07) is 8.14. The number of halogens is 1. The van der Waals surface area contributed by atoms with Crippen LogP contribution in [0.3, 0.4) is 0 Å². The lowest BCUT2D eigenvalue weighted by molar-refractivity contribution is 0.601. The summed E-state index contributed by atoms with van der Waals surface area (Å²) in [6.45, 7) is 4.26. The number of nitrogens with one attached hydrogen (secondary N) is 2. The molecule has 0 aliphatic heterocycles. The number of hydrogen-bond acceptors (Lipinski definition) is 4. The van der Waals surface area contributed by atoms with E-state index in [-0.39, 0.29) is 4.90 Å². The fourth-order valence-electron chi connectivity index (χ4n) is 1.81. The molecule has 2 aromatic rings. The molecule has 0 aliphatic carbocycles. The summed E-state index contributed by atoms with van der Waals surface area (Å²) in [5.41, 5.74) is 1.24. The zero-order valence-corrected chi connectivity index (χ0v) is 13.3. The monoisotopic (exact) mass is 325 g/mol. The van der Waals surface area contributed by atoms with E-state index in [1.54, 1.807) is 30.5 Å². The lowest BCUT2D eigenvalue weighted by Crippen LogP contribution is -2.16. The average Bonchev–Trinajstić information content (AvgIpc) is 2.43. The molecular weight excluding hydrogens is 310 g/mol. The SMILES string of the molecule is CCNc1ncccc1S(=O)(=O)Nc1cc(Cl)ccc1C. The van der Waals surface area contributed by atoms with Gasteiger partial charge in [0.15, 0.2) is 0 Å². The topological polar surface area (TPSA) is 71.1 Å². The molecule has 0 atom stereocenters. The van der Waals surface area contributed by atoms with Gasteiger partial charge in [0.2, 0.25) is 0 Å². The lowest BCUT2D eigenvalue weighted by atomic mass is 10.2. The van der Waals surface area contributed by atoms with Crippen LogP contribution in [0, 0.1) is 6.92 Å². The van der Waals surface area contributed by atoms with Crippen molar-refractivity contribution in [2.45, 2.75) is 18.7 Å². The van der Waals surface area contributed by atoms with Crippen molar-refractivity contribution >= 4 is 33.1 Å². The van der Waals surface area contributed by atoms with Crippen molar-refractivity contribution in [2.75, 3.05) is 16.6 Å². The summed E-state index contributed by atoms with van der Waals surface area (Å²) in [6.07, 6.45) is 1.54. The number of anilines is 2. The van der Waals surface area contributed by atoms with Gasteiger partial charge in [0.25, 0.3) is 10.0 Å². The summed E-state index contributed by atoms with van der Waals surface area (Å²) < 4.78 is 27.6. The number of aryl methyl sites for hydroxylation is 1. The van der Waals surface area contributed by atoms with Gasteiger partial charge in [0.05, 0.1) is 5.69 Å². The number of pyridine rings is 1. The van der Waals surface area contributed by atoms with E-state index in [9.17, 15) is 8.42 Å². The second kappa shape index (κ2) is 6.32. The average molecular weight is 326 g/mol. The second-order valence-corrected chi connectivity index (χ2v) is 6.53. The molecule has 1 heterocycles. The smallest absolute Gasteiger partial charge is 0.265 e. The van der Waals surface area contributed by atoms with E-state index in [1.165, 1.54) is 6.07 Å². The van der Waals surface area contributed by atoms with Gasteiger partial charge in [-0.25, -0.2) is 13.4 Å². The van der Waals surface area contributed by atoms with Crippen molar-refractivity contribution in [2.24, 2.45) is 0 Å². The standard InChI is InChI=1S/C14H16ClN3O2S/c1-3-16-14-13(5-4-8-17-14)21(19,20)18-12-9-11(15)7-6-10(12)2/h4-9,18H,3H2,1-2H3,(H,16,17). The first-order valence-electron chi connectivity index (χ1n) is 6.42. The van der Waals surface area contributed by atoms with Crippen LogP contribution in [-0.4, -0.2) is 19.9 Å². The molecular formula is C14H16ClN3O2S. The first kappa shape index (κ1) is 15.6. The maximum atomic E-state index is 12.5. The van der Waals surface area contributed by atoms with Crippen LogP contribution < -0.4 is 10.0 Å². The predicted molar refractivity (Wildman–Crippen MR) is 85.4 cm³/mol. The van der Waals surface area contributed by atoms with E-state index in [4.69, 9.17) is 11.6 Å². The quantitative estimate of drug-likeness (QED) is 0.885. The molecule has 21 heavy (non-hydrogen) atoms. The number of benzene rings is 1. The zero-order valence-electron chi connectivity index (χ0n) is 11.7. The van der Waals surface area contributed by atoms with Gasteiger partial charge in [-0.3, -0.25) is 4.72 Å². The van der Waals surface area contributed by atoms with Crippen LogP contribution >= 0.6 is 11.6 Å². The Morgan fingerprint density at radius 2 is 2.05 bits per heavy atom. The summed E-state index contributed by atoms with van der Waals surface area (Å²) >= 11 is 5.91. The molecule has 0 saturated heterocycles. The van der Waals surface area contributed by atoms with E-state index in [0.717, 1.165) is 5.56 Å². The van der Waals surface area contributed by atoms with Gasteiger partial charge >= 0.3 is 0 Å². The lowest BCUT2D eigenvalue weighted by Gasteiger charge is -2.13. The van der Waals surface area contributed by atoms with Gasteiger partial charge in [0, 0.05) is 17.8 Å². The van der Waals surface area contributed by atoms with Gasteiger partial charge in [-0.05, 0) is 43.7 Å². The maximum absolute atomic E-state index is 12.5. The fraction of sp³-hybridized carbons (Fsp3) is 0.214. The Balaban J connectivity index is 2.41. The van der Waals surface area contributed by atoms with Gasteiger partial charge in [-0.15, -0.1) is 0 Å². The molecule has 1 aromatic heterocycles. The Hall–Kier alpha value is -1.79. The van der Waals surface area contributed by atoms with Crippen LogP contribution in [0.4, 0.5) is 11.5 Å². The van der Waals surface area contributed by atoms with Crippen LogP contribution in [0.15, 0.2) is 41.4 Å². The molecule has 5 nitrogen and oxygen atoms in total. The molecule has 2 rings (SSSR count). The Morgan fingerprint density at radius 3 is 2.76 bits per heavy atom. The second-order valence-electron chi connectivity index (χ2n) is 4.45. The minimum Gasteiger partial charge on any atom is -0.369 e. The Morgan fingerprint density at radius 1 is 1.29 bits per heavy atom. The molecule has 0 amide bonds. The van der Waals surface area contributed by atoms with Crippen molar-refractivity contribution in [1.29, 1.82) is 0 Å². The molecule has 0 radical (unpaired) electrons. The highest BCUT2D eigenvalue weighted by molar-refractivity contribution is 7.92. The van der Waals surface area contributed by atoms with Gasteiger partial charge in [-0.1, -0.05) is 17.7 Å². The van der Waals surface area contributed by atoms with E-state index in [1.807, 2.05) is 13.8 Å². The third-order valence-corrected chi connectivity index (χ3v) is 4.48. The van der Waals surface area contributed by atoms with Crippen LogP contribution in [-0.2, 0) is 10.0 Å². The summed E-state index contributed by atoms with van der Waals surface area (Å²) in [5.74, 6) is 0.326. The highest BCUT2D eigenvalue weighted by Crippen LogP contribution is 2.25. The van der Waals surface area contributed by atoms with Crippen LogP contribution in [0.1, 0.15) is 12.5 Å². The van der Waals surface area contributed by atoms with Crippen LogP contribution in [0.2, 0.25) is 5.02 Å². The Kier molecular flexibility index (Phi) is 4.69. The highest BCUT2D eigenvalue weighted by atomic mass is 35.5. The molecule has 7 heteroatoms. The predicted octanol–water partition coefficient (Wildman–Crippen LogP) is 3.28. The van der Waals surface area contributed by atoms with Crippen molar-refractivity contribution in [3.63, 3.8) is 0 Å². The summed E-state index contributed by atoms with van der Waals surface area (Å²) in [5, 5.41) is 3.41. The third kappa shape index (κ3) is 3.65. The number of rotatable bonds is 5. The minimum atomic E-state index is -3.74. The molecule has 1 aromatic carbocycles. The van der Waals surface area contributed by atoms with Gasteiger partial charge in [-0.2, -0.15) is 0 Å². The Bertz CT molecular complexity index is 748. The van der Waals surface area contributed by atoms with Crippen LogP contribution in [0.5, 0.6) is 0 Å². The number of hydrogen-bond donors (Lipinski definition) is 2. The largest absolute Gasteiger partial charge is 0.369 e.